The van der Waals surface area contributed by atoms with E-state index in [1.165, 1.54) is 29.2 Å². The van der Waals surface area contributed by atoms with E-state index in [1.54, 1.807) is 32.0 Å². The molecule has 4 nitrogen and oxygen atoms in total. The van der Waals surface area contributed by atoms with Crippen molar-refractivity contribution in [3.63, 3.8) is 0 Å². The third-order valence-electron chi connectivity index (χ3n) is 4.47. The zero-order chi connectivity index (χ0) is 18.2. The van der Waals surface area contributed by atoms with Crippen molar-refractivity contribution in [2.45, 2.75) is 19.4 Å². The largest absolute Gasteiger partial charge is 0.352 e. The highest BCUT2D eigenvalue weighted by atomic mass is 19.1. The van der Waals surface area contributed by atoms with Crippen molar-refractivity contribution in [2.24, 2.45) is 0 Å². The minimum absolute atomic E-state index is 0.0892. The summed E-state index contributed by atoms with van der Waals surface area (Å²) in [6, 6.07) is 9.94. The molecule has 25 heavy (non-hydrogen) atoms. The Hall–Kier alpha value is -2.76. The monoisotopic (exact) mass is 344 g/mol. The van der Waals surface area contributed by atoms with Crippen LogP contribution in [0.4, 0.5) is 8.78 Å². The molecule has 0 spiro atoms. The fourth-order valence-electron chi connectivity index (χ4n) is 2.91. The smallest absolute Gasteiger partial charge is 0.257 e. The van der Waals surface area contributed by atoms with Gasteiger partial charge in [0.05, 0.1) is 5.56 Å². The van der Waals surface area contributed by atoms with E-state index >= 15 is 0 Å². The van der Waals surface area contributed by atoms with Gasteiger partial charge in [-0.1, -0.05) is 18.2 Å². The molecule has 1 N–H and O–H groups in total. The van der Waals surface area contributed by atoms with Crippen LogP contribution in [0.1, 0.15) is 24.2 Å². The van der Waals surface area contributed by atoms with Crippen molar-refractivity contribution >= 4 is 11.8 Å². The molecule has 1 heterocycles. The van der Waals surface area contributed by atoms with Crippen LogP contribution < -0.4 is 5.32 Å². The molecule has 3 rings (SSSR count). The molecule has 0 aromatic heterocycles. The Bertz CT molecular complexity index is 832. The normalized spacial score (nSPS) is 16.5. The number of amides is 2. The summed E-state index contributed by atoms with van der Waals surface area (Å²) in [5.41, 5.74) is 0.0625. The van der Waals surface area contributed by atoms with Crippen molar-refractivity contribution < 1.29 is 18.4 Å². The molecule has 1 fully saturated rings. The van der Waals surface area contributed by atoms with Crippen LogP contribution in [0.15, 0.2) is 42.5 Å². The number of carbonyl (C=O) groups is 2. The molecule has 0 atom stereocenters. The molecule has 0 bridgehead atoms. The molecule has 130 valence electrons. The van der Waals surface area contributed by atoms with Gasteiger partial charge in [-0.25, -0.2) is 8.78 Å². The van der Waals surface area contributed by atoms with Gasteiger partial charge in [-0.05, 0) is 49.2 Å². The Balaban J connectivity index is 1.91. The summed E-state index contributed by atoms with van der Waals surface area (Å²) in [6.07, 6.45) is 0. The molecular formula is C19H18F2N2O2. The number of rotatable bonds is 2. The lowest BCUT2D eigenvalue weighted by Gasteiger charge is -2.41. The highest BCUT2D eigenvalue weighted by Crippen LogP contribution is 2.26. The summed E-state index contributed by atoms with van der Waals surface area (Å²) in [4.78, 5) is 26.1. The zero-order valence-electron chi connectivity index (χ0n) is 14.0. The average molecular weight is 344 g/mol. The van der Waals surface area contributed by atoms with E-state index in [4.69, 9.17) is 0 Å². The first-order valence-electron chi connectivity index (χ1n) is 7.96. The highest BCUT2D eigenvalue weighted by Gasteiger charge is 2.41. The fraction of sp³-hybridized carbons (Fsp3) is 0.263. The van der Waals surface area contributed by atoms with E-state index < -0.39 is 17.3 Å². The minimum Gasteiger partial charge on any atom is -0.352 e. The summed E-state index contributed by atoms with van der Waals surface area (Å²) in [7, 11) is 0. The quantitative estimate of drug-likeness (QED) is 0.911. The lowest BCUT2D eigenvalue weighted by molar-refractivity contribution is -0.133. The van der Waals surface area contributed by atoms with Crippen LogP contribution in [0.25, 0.3) is 11.1 Å². The van der Waals surface area contributed by atoms with Gasteiger partial charge >= 0.3 is 0 Å². The van der Waals surface area contributed by atoms with Crippen molar-refractivity contribution in [1.29, 1.82) is 0 Å². The number of nitrogens with one attached hydrogen (secondary N) is 1. The molecule has 2 amide bonds. The van der Waals surface area contributed by atoms with Gasteiger partial charge in [0.25, 0.3) is 5.91 Å². The molecule has 0 unspecified atom stereocenters. The summed E-state index contributed by atoms with van der Waals surface area (Å²) >= 11 is 0. The third-order valence-corrected chi connectivity index (χ3v) is 4.47. The molecule has 1 aliphatic heterocycles. The van der Waals surface area contributed by atoms with E-state index in [2.05, 4.69) is 5.32 Å². The number of carbonyl (C=O) groups excluding carboxylic acids is 2. The van der Waals surface area contributed by atoms with Crippen molar-refractivity contribution in [3.05, 3.63) is 59.7 Å². The fourth-order valence-corrected chi connectivity index (χ4v) is 2.91. The second-order valence-corrected chi connectivity index (χ2v) is 6.47. The van der Waals surface area contributed by atoms with E-state index in [9.17, 15) is 18.4 Å². The number of hydrogen-bond donors (Lipinski definition) is 1. The van der Waals surface area contributed by atoms with Gasteiger partial charge in [0.2, 0.25) is 5.91 Å². The zero-order valence-corrected chi connectivity index (χ0v) is 14.0. The average Bonchev–Trinajstić information content (AvgIpc) is 2.57. The Kier molecular flexibility index (Phi) is 4.29. The molecule has 1 saturated heterocycles. The summed E-state index contributed by atoms with van der Waals surface area (Å²) in [6.45, 7) is 3.91. The number of benzene rings is 2. The first-order chi connectivity index (χ1) is 11.8. The van der Waals surface area contributed by atoms with Gasteiger partial charge in [0.15, 0.2) is 0 Å². The topological polar surface area (TPSA) is 49.4 Å². The number of halogens is 2. The maximum Gasteiger partial charge on any atom is 0.257 e. The van der Waals surface area contributed by atoms with Crippen LogP contribution in [0.3, 0.4) is 0 Å². The van der Waals surface area contributed by atoms with Gasteiger partial charge in [0, 0.05) is 13.1 Å². The predicted octanol–water partition coefficient (Wildman–Crippen LogP) is 2.98. The Morgan fingerprint density at radius 1 is 1.08 bits per heavy atom. The molecule has 1 aliphatic rings. The summed E-state index contributed by atoms with van der Waals surface area (Å²) < 4.78 is 27.6. The molecule has 0 saturated carbocycles. The van der Waals surface area contributed by atoms with Crippen molar-refractivity contribution in [3.8, 4) is 11.1 Å². The van der Waals surface area contributed by atoms with Gasteiger partial charge < -0.3 is 10.2 Å². The minimum atomic E-state index is -1.04. The summed E-state index contributed by atoms with van der Waals surface area (Å²) in [5, 5.41) is 2.70. The van der Waals surface area contributed by atoms with Crippen LogP contribution in [-0.4, -0.2) is 35.3 Å². The van der Waals surface area contributed by atoms with Crippen molar-refractivity contribution in [1.82, 2.24) is 10.2 Å². The molecule has 0 aliphatic carbocycles. The second kappa shape index (κ2) is 6.27. The van der Waals surface area contributed by atoms with Gasteiger partial charge in [-0.15, -0.1) is 0 Å². The second-order valence-electron chi connectivity index (χ2n) is 6.47. The van der Waals surface area contributed by atoms with Crippen LogP contribution in [0.5, 0.6) is 0 Å². The molecule has 2 aromatic carbocycles. The number of nitrogens with zero attached hydrogens (tertiary/aromatic N) is 1. The van der Waals surface area contributed by atoms with E-state index in [0.717, 1.165) is 0 Å². The van der Waals surface area contributed by atoms with Gasteiger partial charge in [-0.2, -0.15) is 0 Å². The summed E-state index contributed by atoms with van der Waals surface area (Å²) in [5.74, 6) is -1.84. The van der Waals surface area contributed by atoms with Crippen molar-refractivity contribution in [2.75, 3.05) is 13.1 Å². The molecular weight excluding hydrogens is 326 g/mol. The van der Waals surface area contributed by atoms with Crippen LogP contribution in [0, 0.1) is 11.6 Å². The standard InChI is InChI=1S/C19H18F2N2O2/c1-19(2)18(25)22-9-10-23(19)17(24)15-8-5-13(11-16(15)21)12-3-6-14(20)7-4-12/h3-8,11H,9-10H2,1-2H3,(H,22,25). The van der Waals surface area contributed by atoms with E-state index in [1.807, 2.05) is 0 Å². The first-order valence-corrected chi connectivity index (χ1v) is 7.96. The van der Waals surface area contributed by atoms with Crippen LogP contribution in [0.2, 0.25) is 0 Å². The third kappa shape index (κ3) is 3.12. The first kappa shape index (κ1) is 17.1. The van der Waals surface area contributed by atoms with Gasteiger partial charge in [-0.3, -0.25) is 9.59 Å². The lowest BCUT2D eigenvalue weighted by Crippen LogP contribution is -2.63. The lowest BCUT2D eigenvalue weighted by atomic mass is 9.96. The Labute approximate surface area is 144 Å². The molecule has 0 radical (unpaired) electrons. The number of piperazine rings is 1. The molecule has 2 aromatic rings. The number of hydrogen-bond acceptors (Lipinski definition) is 2. The SMILES string of the molecule is CC1(C)C(=O)NCCN1C(=O)c1ccc(-c2ccc(F)cc2)cc1F. The Morgan fingerprint density at radius 2 is 1.72 bits per heavy atom. The van der Waals surface area contributed by atoms with Crippen LogP contribution >= 0.6 is 0 Å². The van der Waals surface area contributed by atoms with E-state index in [0.29, 0.717) is 24.2 Å². The predicted molar refractivity (Wildman–Crippen MR) is 89.9 cm³/mol. The highest BCUT2D eigenvalue weighted by molar-refractivity contribution is 6.00. The maximum absolute atomic E-state index is 14.5. The Morgan fingerprint density at radius 3 is 2.36 bits per heavy atom. The van der Waals surface area contributed by atoms with E-state index in [-0.39, 0.29) is 17.3 Å². The van der Waals surface area contributed by atoms with Gasteiger partial charge in [0.1, 0.15) is 17.2 Å². The maximum atomic E-state index is 14.5. The van der Waals surface area contributed by atoms with Crippen LogP contribution in [-0.2, 0) is 4.79 Å². The molecule has 6 heteroatoms.